The minimum Gasteiger partial charge on any atom is -0.296 e. The van der Waals surface area contributed by atoms with E-state index in [-0.39, 0.29) is 0 Å². The molecule has 0 unspecified atom stereocenters. The molecule has 0 spiro atoms. The van der Waals surface area contributed by atoms with E-state index in [0.717, 1.165) is 5.52 Å². The van der Waals surface area contributed by atoms with Gasteiger partial charge >= 0.3 is 0 Å². The van der Waals surface area contributed by atoms with Gasteiger partial charge in [-0.15, -0.1) is 0 Å². The Hall–Kier alpha value is -5.21. The first-order valence-corrected chi connectivity index (χ1v) is 16.3. The molecule has 0 atom stereocenters. The topological polar surface area (TPSA) is 17.8 Å². The van der Waals surface area contributed by atoms with Crippen molar-refractivity contribution in [3.8, 4) is 27.9 Å². The molecule has 1 aliphatic rings. The Labute approximate surface area is 263 Å². The van der Waals surface area contributed by atoms with Gasteiger partial charge in [0.2, 0.25) is 0 Å². The van der Waals surface area contributed by atoms with Crippen molar-refractivity contribution in [2.45, 2.75) is 38.0 Å². The first-order chi connectivity index (χ1) is 22.3. The second-order valence-electron chi connectivity index (χ2n) is 12.6. The predicted octanol–water partition coefficient (Wildman–Crippen LogP) is 11.9. The van der Waals surface area contributed by atoms with E-state index >= 15 is 0 Å². The van der Waals surface area contributed by atoms with Crippen LogP contribution in [0.15, 0.2) is 140 Å². The highest BCUT2D eigenvalue weighted by Crippen LogP contribution is 2.44. The second kappa shape index (κ2) is 10.7. The van der Waals surface area contributed by atoms with Crippen molar-refractivity contribution < 1.29 is 0 Å². The number of benzene rings is 7. The largest absolute Gasteiger partial charge is 0.296 e. The molecule has 45 heavy (non-hydrogen) atoms. The van der Waals surface area contributed by atoms with Crippen LogP contribution in [0.4, 0.5) is 0 Å². The van der Waals surface area contributed by atoms with Gasteiger partial charge in [-0.1, -0.05) is 128 Å². The molecule has 0 N–H and O–H groups in total. The summed E-state index contributed by atoms with van der Waals surface area (Å²) >= 11 is 0. The fraction of sp³-hybridized carbons (Fsp3) is 0.140. The molecule has 216 valence electrons. The van der Waals surface area contributed by atoms with Gasteiger partial charge in [-0.05, 0) is 97.7 Å². The summed E-state index contributed by atoms with van der Waals surface area (Å²) < 4.78 is 2.42. The number of nitrogens with zero attached hydrogens (tertiary/aromatic N) is 2. The van der Waals surface area contributed by atoms with Crippen LogP contribution < -0.4 is 0 Å². The number of rotatable bonds is 4. The van der Waals surface area contributed by atoms with E-state index in [9.17, 15) is 0 Å². The Bertz CT molecular complexity index is 2300. The van der Waals surface area contributed by atoms with Crippen molar-refractivity contribution in [2.75, 3.05) is 0 Å². The maximum Gasteiger partial charge on any atom is 0.117 e. The van der Waals surface area contributed by atoms with Gasteiger partial charge in [-0.3, -0.25) is 4.57 Å². The molecule has 9 rings (SSSR count). The van der Waals surface area contributed by atoms with E-state index in [4.69, 9.17) is 4.98 Å². The van der Waals surface area contributed by atoms with Crippen molar-refractivity contribution in [3.05, 3.63) is 145 Å². The molecule has 2 nitrogen and oxygen atoms in total. The van der Waals surface area contributed by atoms with Crippen LogP contribution in [0.5, 0.6) is 0 Å². The number of aromatic nitrogens is 2. The van der Waals surface area contributed by atoms with Crippen LogP contribution in [0.1, 0.15) is 43.8 Å². The second-order valence-corrected chi connectivity index (χ2v) is 12.6. The molecule has 1 heterocycles. The molecule has 1 saturated carbocycles. The van der Waals surface area contributed by atoms with Crippen LogP contribution in [0.25, 0.3) is 71.3 Å². The Balaban J connectivity index is 1.23. The minimum absolute atomic E-state index is 0.515. The Morgan fingerprint density at radius 3 is 1.73 bits per heavy atom. The number of hydrogen-bond donors (Lipinski definition) is 0. The highest BCUT2D eigenvalue weighted by molar-refractivity contribution is 6.21. The van der Waals surface area contributed by atoms with Crippen molar-refractivity contribution in [1.82, 2.24) is 9.55 Å². The van der Waals surface area contributed by atoms with Crippen molar-refractivity contribution in [3.63, 3.8) is 0 Å². The molecule has 0 radical (unpaired) electrons. The Morgan fingerprint density at radius 1 is 0.489 bits per heavy atom. The van der Waals surface area contributed by atoms with Crippen LogP contribution in [-0.4, -0.2) is 9.55 Å². The van der Waals surface area contributed by atoms with Gasteiger partial charge in [0.1, 0.15) is 5.82 Å². The fourth-order valence-corrected chi connectivity index (χ4v) is 7.82. The summed E-state index contributed by atoms with van der Waals surface area (Å²) in [6, 6.07) is 51.2. The Kier molecular flexibility index (Phi) is 6.26. The zero-order valence-corrected chi connectivity index (χ0v) is 25.3. The minimum atomic E-state index is 0.515. The molecule has 1 aliphatic carbocycles. The maximum absolute atomic E-state index is 5.20. The molecule has 2 heteroatoms. The predicted molar refractivity (Wildman–Crippen MR) is 190 cm³/mol. The average molecular weight is 579 g/mol. The standard InChI is InChI=1S/C43H34N2/c1-2-13-31(14-3-1)43-44-39-20-10-11-21-40(39)45(43)34-26-24-30(25-27-34)41-35-16-6-8-18-37(35)42(38-19-9-7-17-36(38)41)33-23-22-29-12-4-5-15-32(29)28-33/h4-12,15-28,31H,1-3,13-14H2. The summed E-state index contributed by atoms with van der Waals surface area (Å²) in [5.41, 5.74) is 8.55. The van der Waals surface area contributed by atoms with E-state index in [0.29, 0.717) is 5.92 Å². The van der Waals surface area contributed by atoms with Crippen LogP contribution >= 0.6 is 0 Å². The van der Waals surface area contributed by atoms with Gasteiger partial charge in [0.25, 0.3) is 0 Å². The molecule has 0 saturated heterocycles. The normalized spacial score (nSPS) is 14.1. The lowest BCUT2D eigenvalue weighted by molar-refractivity contribution is 0.426. The van der Waals surface area contributed by atoms with E-state index < -0.39 is 0 Å². The maximum atomic E-state index is 5.20. The monoisotopic (exact) mass is 578 g/mol. The zero-order chi connectivity index (χ0) is 29.7. The summed E-state index contributed by atoms with van der Waals surface area (Å²) in [6.45, 7) is 0. The highest BCUT2D eigenvalue weighted by atomic mass is 15.1. The van der Waals surface area contributed by atoms with Gasteiger partial charge < -0.3 is 0 Å². The molecule has 1 aromatic heterocycles. The third-order valence-corrected chi connectivity index (χ3v) is 9.94. The molecule has 0 aliphatic heterocycles. The molecule has 7 aromatic carbocycles. The van der Waals surface area contributed by atoms with E-state index in [2.05, 4.69) is 144 Å². The van der Waals surface area contributed by atoms with Crippen LogP contribution in [0.3, 0.4) is 0 Å². The van der Waals surface area contributed by atoms with E-state index in [1.165, 1.54) is 104 Å². The summed E-state index contributed by atoms with van der Waals surface area (Å²) in [5.74, 6) is 1.74. The molecule has 8 aromatic rings. The molecule has 0 amide bonds. The lowest BCUT2D eigenvalue weighted by Crippen LogP contribution is -2.11. The summed E-state index contributed by atoms with van der Waals surface area (Å²) in [4.78, 5) is 5.20. The van der Waals surface area contributed by atoms with Crippen LogP contribution in [0, 0.1) is 0 Å². The van der Waals surface area contributed by atoms with Gasteiger partial charge in [-0.25, -0.2) is 4.98 Å². The first kappa shape index (κ1) is 26.2. The number of para-hydroxylation sites is 2. The fourth-order valence-electron chi connectivity index (χ4n) is 7.82. The summed E-state index contributed by atoms with van der Waals surface area (Å²) in [5, 5.41) is 7.66. The van der Waals surface area contributed by atoms with Gasteiger partial charge in [0.15, 0.2) is 0 Å². The molecule has 0 bridgehead atoms. The smallest absolute Gasteiger partial charge is 0.117 e. The number of hydrogen-bond acceptors (Lipinski definition) is 1. The van der Waals surface area contributed by atoms with E-state index in [1.807, 2.05) is 0 Å². The van der Waals surface area contributed by atoms with Crippen molar-refractivity contribution in [2.24, 2.45) is 0 Å². The SMILES string of the molecule is c1ccc2cc(-c3c4ccccc4c(-c4ccc(-n5c(C6CCCCC6)nc6ccccc65)cc4)c4ccccc34)ccc2c1. The third kappa shape index (κ3) is 4.36. The van der Waals surface area contributed by atoms with Gasteiger partial charge in [-0.2, -0.15) is 0 Å². The van der Waals surface area contributed by atoms with Crippen molar-refractivity contribution in [1.29, 1.82) is 0 Å². The lowest BCUT2D eigenvalue weighted by atomic mass is 9.85. The van der Waals surface area contributed by atoms with Crippen molar-refractivity contribution >= 4 is 43.4 Å². The molecule has 1 fully saturated rings. The summed E-state index contributed by atoms with van der Waals surface area (Å²) in [6.07, 6.45) is 6.38. The number of fused-ring (bicyclic) bond motifs is 4. The zero-order valence-electron chi connectivity index (χ0n) is 25.3. The average Bonchev–Trinajstić information content (AvgIpc) is 3.51. The Morgan fingerprint density at radius 2 is 1.04 bits per heavy atom. The van der Waals surface area contributed by atoms with Gasteiger partial charge in [0.05, 0.1) is 11.0 Å². The molecular weight excluding hydrogens is 544 g/mol. The van der Waals surface area contributed by atoms with Crippen LogP contribution in [-0.2, 0) is 0 Å². The van der Waals surface area contributed by atoms with E-state index in [1.54, 1.807) is 0 Å². The summed E-state index contributed by atoms with van der Waals surface area (Å²) in [7, 11) is 0. The quantitative estimate of drug-likeness (QED) is 0.190. The number of imidazole rings is 1. The molecular formula is C43H34N2. The van der Waals surface area contributed by atoms with Crippen LogP contribution in [0.2, 0.25) is 0 Å². The highest BCUT2D eigenvalue weighted by Gasteiger charge is 2.23. The van der Waals surface area contributed by atoms with Gasteiger partial charge in [0, 0.05) is 11.6 Å². The lowest BCUT2D eigenvalue weighted by Gasteiger charge is -2.22. The first-order valence-electron chi connectivity index (χ1n) is 16.3. The third-order valence-electron chi connectivity index (χ3n) is 9.94.